The Bertz CT molecular complexity index is 701. The van der Waals surface area contributed by atoms with E-state index in [2.05, 4.69) is 4.98 Å². The third-order valence-corrected chi connectivity index (χ3v) is 2.47. The van der Waals surface area contributed by atoms with Crippen molar-refractivity contribution < 1.29 is 9.53 Å². The smallest absolute Gasteiger partial charge is 0.345 e. The zero-order valence-electron chi connectivity index (χ0n) is 10.3. The van der Waals surface area contributed by atoms with Crippen LogP contribution in [0.4, 0.5) is 0 Å². The van der Waals surface area contributed by atoms with Crippen molar-refractivity contribution >= 4 is 5.97 Å². The van der Waals surface area contributed by atoms with Crippen LogP contribution >= 0.6 is 0 Å². The largest absolute Gasteiger partial charge is 0.462 e. The van der Waals surface area contributed by atoms with E-state index in [1.165, 1.54) is 10.8 Å². The molecule has 1 aromatic carbocycles. The van der Waals surface area contributed by atoms with Crippen LogP contribution < -0.4 is 11.2 Å². The molecule has 0 unspecified atom stereocenters. The highest BCUT2D eigenvalue weighted by Gasteiger charge is 2.14. The van der Waals surface area contributed by atoms with E-state index in [0.717, 1.165) is 0 Å². The molecule has 0 saturated carbocycles. The lowest BCUT2D eigenvalue weighted by molar-refractivity contribution is 0.0523. The molecule has 0 aliphatic heterocycles. The lowest BCUT2D eigenvalue weighted by Gasteiger charge is -2.06. The van der Waals surface area contributed by atoms with Gasteiger partial charge in [-0.2, -0.15) is 0 Å². The topological polar surface area (TPSA) is 81.2 Å². The highest BCUT2D eigenvalue weighted by molar-refractivity contribution is 5.88. The normalized spacial score (nSPS) is 10.2. The molecule has 0 atom stereocenters. The van der Waals surface area contributed by atoms with E-state index in [-0.39, 0.29) is 12.2 Å². The number of rotatable bonds is 3. The lowest BCUT2D eigenvalue weighted by atomic mass is 10.3. The number of para-hydroxylation sites is 1. The van der Waals surface area contributed by atoms with Gasteiger partial charge in [0.25, 0.3) is 5.56 Å². The molecule has 0 amide bonds. The van der Waals surface area contributed by atoms with Crippen molar-refractivity contribution in [1.82, 2.24) is 9.55 Å². The van der Waals surface area contributed by atoms with Gasteiger partial charge in [-0.3, -0.25) is 14.3 Å². The Balaban J connectivity index is 2.58. The molecule has 0 aliphatic carbocycles. The minimum absolute atomic E-state index is 0.155. The van der Waals surface area contributed by atoms with Crippen LogP contribution in [0.1, 0.15) is 17.3 Å². The number of benzene rings is 1. The molecule has 98 valence electrons. The van der Waals surface area contributed by atoms with Gasteiger partial charge in [-0.05, 0) is 19.1 Å². The number of hydrogen-bond donors (Lipinski definition) is 1. The molecule has 0 bridgehead atoms. The number of ether oxygens (including phenoxy) is 1. The minimum Gasteiger partial charge on any atom is -0.462 e. The number of aromatic nitrogens is 2. The van der Waals surface area contributed by atoms with Crippen molar-refractivity contribution in [2.24, 2.45) is 0 Å². The summed E-state index contributed by atoms with van der Waals surface area (Å²) in [5, 5.41) is 0. The van der Waals surface area contributed by atoms with E-state index in [9.17, 15) is 14.4 Å². The third-order valence-electron chi connectivity index (χ3n) is 2.47. The predicted molar refractivity (Wildman–Crippen MR) is 68.6 cm³/mol. The average Bonchev–Trinajstić information content (AvgIpc) is 2.40. The second-order valence-electron chi connectivity index (χ2n) is 3.73. The first-order chi connectivity index (χ1) is 9.13. The maximum atomic E-state index is 11.7. The van der Waals surface area contributed by atoms with Gasteiger partial charge in [0, 0.05) is 6.20 Å². The van der Waals surface area contributed by atoms with Crippen molar-refractivity contribution in [3.05, 3.63) is 62.9 Å². The first kappa shape index (κ1) is 12.8. The Hall–Kier alpha value is -2.63. The second-order valence-corrected chi connectivity index (χ2v) is 3.73. The fraction of sp³-hybridized carbons (Fsp3) is 0.154. The van der Waals surface area contributed by atoms with Gasteiger partial charge in [0.05, 0.1) is 12.3 Å². The van der Waals surface area contributed by atoms with Crippen molar-refractivity contribution in [3.8, 4) is 5.69 Å². The Morgan fingerprint density at radius 1 is 1.26 bits per heavy atom. The maximum absolute atomic E-state index is 11.7. The molecule has 6 nitrogen and oxygen atoms in total. The van der Waals surface area contributed by atoms with Gasteiger partial charge >= 0.3 is 11.7 Å². The van der Waals surface area contributed by atoms with Crippen LogP contribution in [0.2, 0.25) is 0 Å². The summed E-state index contributed by atoms with van der Waals surface area (Å²) in [6, 6.07) is 8.67. The van der Waals surface area contributed by atoms with Gasteiger partial charge in [0.15, 0.2) is 0 Å². The van der Waals surface area contributed by atoms with E-state index < -0.39 is 17.2 Å². The van der Waals surface area contributed by atoms with E-state index in [4.69, 9.17) is 4.74 Å². The Kier molecular flexibility index (Phi) is 3.61. The van der Waals surface area contributed by atoms with Crippen molar-refractivity contribution in [1.29, 1.82) is 0 Å². The number of carbonyl (C=O) groups excluding carboxylic acids is 1. The van der Waals surface area contributed by atoms with Gasteiger partial charge in [-0.25, -0.2) is 9.59 Å². The number of hydrogen-bond acceptors (Lipinski definition) is 4. The molecule has 0 radical (unpaired) electrons. The van der Waals surface area contributed by atoms with Crippen molar-refractivity contribution in [3.63, 3.8) is 0 Å². The molecule has 0 spiro atoms. The fourth-order valence-corrected chi connectivity index (χ4v) is 1.61. The first-order valence-corrected chi connectivity index (χ1v) is 5.72. The molecular weight excluding hydrogens is 248 g/mol. The average molecular weight is 260 g/mol. The van der Waals surface area contributed by atoms with Crippen molar-refractivity contribution in [2.75, 3.05) is 6.61 Å². The lowest BCUT2D eigenvalue weighted by Crippen LogP contribution is -2.33. The number of nitrogens with zero attached hydrogens (tertiary/aromatic N) is 1. The quantitative estimate of drug-likeness (QED) is 0.824. The van der Waals surface area contributed by atoms with E-state index in [0.29, 0.717) is 5.69 Å². The van der Waals surface area contributed by atoms with Crippen LogP contribution in [0.15, 0.2) is 46.1 Å². The number of carbonyl (C=O) groups is 1. The van der Waals surface area contributed by atoms with Crippen LogP contribution in [-0.4, -0.2) is 22.1 Å². The number of nitrogens with one attached hydrogen (secondary N) is 1. The summed E-state index contributed by atoms with van der Waals surface area (Å²) in [5.41, 5.74) is -1.01. The first-order valence-electron chi connectivity index (χ1n) is 5.72. The van der Waals surface area contributed by atoms with E-state index >= 15 is 0 Å². The van der Waals surface area contributed by atoms with Gasteiger partial charge in [-0.15, -0.1) is 0 Å². The van der Waals surface area contributed by atoms with Crippen LogP contribution in [0.3, 0.4) is 0 Å². The molecule has 6 heteroatoms. The standard InChI is InChI=1S/C13H12N2O4/c1-2-19-12(17)10-8-15(13(18)14-11(10)16)9-6-4-3-5-7-9/h3-8H,2H2,1H3,(H,14,16,18). The van der Waals surface area contributed by atoms with Crippen LogP contribution in [0, 0.1) is 0 Å². The highest BCUT2D eigenvalue weighted by atomic mass is 16.5. The number of H-pyrrole nitrogens is 1. The Morgan fingerprint density at radius 3 is 2.58 bits per heavy atom. The Labute approximate surface area is 108 Å². The molecule has 0 fully saturated rings. The predicted octanol–water partition coefficient (Wildman–Crippen LogP) is 0.702. The van der Waals surface area contributed by atoms with Gasteiger partial charge in [0.2, 0.25) is 0 Å². The Morgan fingerprint density at radius 2 is 1.95 bits per heavy atom. The molecular formula is C13H12N2O4. The summed E-state index contributed by atoms with van der Waals surface area (Å²) in [6.07, 6.45) is 1.19. The summed E-state index contributed by atoms with van der Waals surface area (Å²) < 4.78 is 5.95. The van der Waals surface area contributed by atoms with Crippen LogP contribution in [0.25, 0.3) is 5.69 Å². The van der Waals surface area contributed by atoms with Gasteiger partial charge < -0.3 is 4.74 Å². The second kappa shape index (κ2) is 5.34. The molecule has 0 aliphatic rings. The molecule has 1 N–H and O–H groups in total. The summed E-state index contributed by atoms with van der Waals surface area (Å²) in [4.78, 5) is 37.0. The van der Waals surface area contributed by atoms with Gasteiger partial charge in [0.1, 0.15) is 5.56 Å². The highest BCUT2D eigenvalue weighted by Crippen LogP contribution is 2.04. The van der Waals surface area contributed by atoms with Crippen LogP contribution in [0.5, 0.6) is 0 Å². The maximum Gasteiger partial charge on any atom is 0.345 e. The van der Waals surface area contributed by atoms with Gasteiger partial charge in [-0.1, -0.05) is 18.2 Å². The third kappa shape index (κ3) is 2.62. The summed E-state index contributed by atoms with van der Waals surface area (Å²) in [5.74, 6) is -0.756. The molecule has 1 aromatic heterocycles. The summed E-state index contributed by atoms with van der Waals surface area (Å²) in [7, 11) is 0. The number of aromatic amines is 1. The van der Waals surface area contributed by atoms with Crippen molar-refractivity contribution in [2.45, 2.75) is 6.92 Å². The summed E-state index contributed by atoms with van der Waals surface area (Å²) >= 11 is 0. The number of esters is 1. The van der Waals surface area contributed by atoms with Crippen LogP contribution in [-0.2, 0) is 4.74 Å². The fourth-order valence-electron chi connectivity index (χ4n) is 1.61. The molecule has 0 saturated heterocycles. The molecule has 1 heterocycles. The molecule has 2 aromatic rings. The van der Waals surface area contributed by atoms with E-state index in [1.807, 2.05) is 0 Å². The summed E-state index contributed by atoms with van der Waals surface area (Å²) in [6.45, 7) is 1.79. The van der Waals surface area contributed by atoms with E-state index in [1.54, 1.807) is 37.3 Å². The minimum atomic E-state index is -0.756. The zero-order valence-corrected chi connectivity index (χ0v) is 10.3. The zero-order chi connectivity index (χ0) is 13.8. The molecule has 19 heavy (non-hydrogen) atoms. The molecule has 2 rings (SSSR count). The SMILES string of the molecule is CCOC(=O)c1cn(-c2ccccc2)c(=O)[nH]c1=O. The monoisotopic (exact) mass is 260 g/mol.